The molecule has 29 heavy (non-hydrogen) atoms. The smallest absolute Gasteiger partial charge is 0.131 e. The van der Waals surface area contributed by atoms with Gasteiger partial charge >= 0.3 is 0 Å². The van der Waals surface area contributed by atoms with E-state index >= 15 is 0 Å². The second kappa shape index (κ2) is 6.86. The molecule has 0 bridgehead atoms. The second-order valence-electron chi connectivity index (χ2n) is 11.1. The summed E-state index contributed by atoms with van der Waals surface area (Å²) < 4.78 is 0. The van der Waals surface area contributed by atoms with E-state index in [1.165, 1.54) is 25.7 Å². The molecular weight excluding hydrogens is 356 g/mol. The van der Waals surface area contributed by atoms with Crippen LogP contribution in [0, 0.1) is 46.3 Å². The van der Waals surface area contributed by atoms with Crippen molar-refractivity contribution in [3.05, 3.63) is 35.9 Å². The van der Waals surface area contributed by atoms with E-state index in [1.807, 2.05) is 30.3 Å². The van der Waals surface area contributed by atoms with Gasteiger partial charge in [-0.1, -0.05) is 43.9 Å². The lowest BCUT2D eigenvalue weighted by atomic mass is 9.44. The molecule has 0 spiro atoms. The first kappa shape index (κ1) is 19.7. The molecule has 5 rings (SSSR count). The maximum atomic E-state index is 11.7. The topological polar surface area (TPSA) is 40.5 Å². The quantitative estimate of drug-likeness (QED) is 0.598. The molecule has 4 saturated carbocycles. The van der Waals surface area contributed by atoms with E-state index < -0.39 is 5.60 Å². The van der Waals surface area contributed by atoms with Gasteiger partial charge in [0.25, 0.3) is 0 Å². The summed E-state index contributed by atoms with van der Waals surface area (Å²) in [5, 5.41) is 21.9. The monoisotopic (exact) mass is 392 g/mol. The lowest BCUT2D eigenvalue weighted by Gasteiger charge is -2.61. The predicted molar refractivity (Wildman–Crippen MR) is 116 cm³/mol. The molecular formula is C27H36O2. The van der Waals surface area contributed by atoms with Crippen LogP contribution in [0.25, 0.3) is 0 Å². The summed E-state index contributed by atoms with van der Waals surface area (Å²) in [6.45, 7) is 4.86. The standard InChI is InChI=1S/C27H36O2/c1-25-14-11-21(28)18-20(25)8-9-22-23(25)12-15-26(2)24(22)13-17-27(26,29)16-10-19-6-4-3-5-7-19/h3-7,20-24,28-29H,8-9,11-15,17-18H2,1-2H3/t20-,21+,22+,23-,24+,25-,26+,27-/m0/s1. The minimum absolute atomic E-state index is 0.0803. The highest BCUT2D eigenvalue weighted by Crippen LogP contribution is 2.68. The van der Waals surface area contributed by atoms with Crippen LogP contribution in [-0.4, -0.2) is 21.9 Å². The zero-order valence-corrected chi connectivity index (χ0v) is 18.0. The van der Waals surface area contributed by atoms with Crippen molar-refractivity contribution in [3.8, 4) is 11.8 Å². The lowest BCUT2D eigenvalue weighted by Crippen LogP contribution is -2.56. The maximum absolute atomic E-state index is 11.7. The Kier molecular flexibility index (Phi) is 4.65. The summed E-state index contributed by atoms with van der Waals surface area (Å²) in [6, 6.07) is 10.1. The minimum atomic E-state index is -0.862. The molecule has 0 heterocycles. The van der Waals surface area contributed by atoms with Crippen molar-refractivity contribution >= 4 is 0 Å². The third kappa shape index (κ3) is 2.92. The molecule has 1 aromatic carbocycles. The Morgan fingerprint density at radius 1 is 0.897 bits per heavy atom. The number of aliphatic hydroxyl groups is 2. The molecule has 2 nitrogen and oxygen atoms in total. The first-order chi connectivity index (χ1) is 13.9. The molecule has 2 heteroatoms. The van der Waals surface area contributed by atoms with Crippen molar-refractivity contribution in [1.29, 1.82) is 0 Å². The van der Waals surface area contributed by atoms with E-state index in [4.69, 9.17) is 0 Å². The van der Waals surface area contributed by atoms with E-state index in [9.17, 15) is 10.2 Å². The zero-order chi connectivity index (χ0) is 20.3. The number of benzene rings is 1. The van der Waals surface area contributed by atoms with Gasteiger partial charge in [-0.3, -0.25) is 0 Å². The fourth-order valence-corrected chi connectivity index (χ4v) is 8.15. The first-order valence-corrected chi connectivity index (χ1v) is 11.8. The molecule has 0 aromatic heterocycles. The van der Waals surface area contributed by atoms with Crippen molar-refractivity contribution in [2.24, 2.45) is 34.5 Å². The van der Waals surface area contributed by atoms with Crippen LogP contribution in [0.15, 0.2) is 30.3 Å². The summed E-state index contributed by atoms with van der Waals surface area (Å²) in [5.74, 6) is 9.40. The highest BCUT2D eigenvalue weighted by Gasteiger charge is 2.64. The Labute approximate surface area is 176 Å². The highest BCUT2D eigenvalue weighted by atomic mass is 16.3. The largest absolute Gasteiger partial charge is 0.393 e. The van der Waals surface area contributed by atoms with Crippen LogP contribution < -0.4 is 0 Å². The van der Waals surface area contributed by atoms with Crippen molar-refractivity contribution < 1.29 is 10.2 Å². The summed E-state index contributed by atoms with van der Waals surface area (Å²) >= 11 is 0. The number of rotatable bonds is 0. The van der Waals surface area contributed by atoms with Crippen molar-refractivity contribution in [3.63, 3.8) is 0 Å². The van der Waals surface area contributed by atoms with Gasteiger partial charge in [0.1, 0.15) is 5.60 Å². The average Bonchev–Trinajstić information content (AvgIpc) is 2.99. The second-order valence-corrected chi connectivity index (χ2v) is 11.1. The molecule has 0 saturated heterocycles. The fourth-order valence-electron chi connectivity index (χ4n) is 8.15. The van der Waals surface area contributed by atoms with Gasteiger partial charge in [-0.15, -0.1) is 0 Å². The Hall–Kier alpha value is -1.30. The molecule has 156 valence electrons. The van der Waals surface area contributed by atoms with Crippen LogP contribution in [0.1, 0.15) is 77.2 Å². The van der Waals surface area contributed by atoms with Gasteiger partial charge in [-0.05, 0) is 99.0 Å². The van der Waals surface area contributed by atoms with Gasteiger partial charge in [0.2, 0.25) is 0 Å². The fraction of sp³-hybridized carbons (Fsp3) is 0.704. The maximum Gasteiger partial charge on any atom is 0.131 e. The Balaban J connectivity index is 1.42. The van der Waals surface area contributed by atoms with Gasteiger partial charge in [-0.2, -0.15) is 0 Å². The van der Waals surface area contributed by atoms with Gasteiger partial charge in [0.05, 0.1) is 6.10 Å². The lowest BCUT2D eigenvalue weighted by molar-refractivity contribution is -0.144. The first-order valence-electron chi connectivity index (χ1n) is 11.8. The Morgan fingerprint density at radius 2 is 1.66 bits per heavy atom. The van der Waals surface area contributed by atoms with Crippen molar-refractivity contribution in [1.82, 2.24) is 0 Å². The van der Waals surface area contributed by atoms with E-state index in [-0.39, 0.29) is 11.5 Å². The minimum Gasteiger partial charge on any atom is -0.393 e. The predicted octanol–water partition coefficient (Wildman–Crippen LogP) is 5.17. The van der Waals surface area contributed by atoms with E-state index in [1.54, 1.807) is 0 Å². The Morgan fingerprint density at radius 3 is 2.45 bits per heavy atom. The molecule has 4 aliphatic rings. The third-order valence-electron chi connectivity index (χ3n) is 9.98. The molecule has 0 aliphatic heterocycles. The van der Waals surface area contributed by atoms with Crippen LogP contribution in [0.2, 0.25) is 0 Å². The molecule has 1 aromatic rings. The number of hydrogen-bond donors (Lipinski definition) is 2. The van der Waals surface area contributed by atoms with Crippen LogP contribution in [0.3, 0.4) is 0 Å². The molecule has 0 unspecified atom stereocenters. The zero-order valence-electron chi connectivity index (χ0n) is 18.0. The van der Waals surface area contributed by atoms with Crippen LogP contribution in [0.4, 0.5) is 0 Å². The molecule has 0 amide bonds. The van der Waals surface area contributed by atoms with Gasteiger partial charge < -0.3 is 10.2 Å². The molecule has 0 radical (unpaired) electrons. The third-order valence-corrected chi connectivity index (χ3v) is 9.98. The molecule has 8 atom stereocenters. The van der Waals surface area contributed by atoms with Crippen LogP contribution in [0.5, 0.6) is 0 Å². The van der Waals surface area contributed by atoms with Gasteiger partial charge in [0.15, 0.2) is 0 Å². The Bertz CT molecular complexity index is 822. The van der Waals surface area contributed by atoms with Gasteiger partial charge in [0, 0.05) is 11.0 Å². The summed E-state index contributed by atoms with van der Waals surface area (Å²) in [7, 11) is 0. The van der Waals surface area contributed by atoms with E-state index in [0.29, 0.717) is 17.3 Å². The van der Waals surface area contributed by atoms with Gasteiger partial charge in [-0.25, -0.2) is 0 Å². The summed E-state index contributed by atoms with van der Waals surface area (Å²) in [6.07, 6.45) is 9.86. The van der Waals surface area contributed by atoms with Crippen LogP contribution >= 0.6 is 0 Å². The van der Waals surface area contributed by atoms with Crippen LogP contribution in [-0.2, 0) is 0 Å². The van der Waals surface area contributed by atoms with E-state index in [2.05, 4.69) is 25.7 Å². The number of hydrogen-bond acceptors (Lipinski definition) is 2. The summed E-state index contributed by atoms with van der Waals surface area (Å²) in [4.78, 5) is 0. The molecule has 4 fully saturated rings. The highest BCUT2D eigenvalue weighted by molar-refractivity contribution is 5.38. The number of aliphatic hydroxyl groups excluding tert-OH is 1. The molecule has 4 aliphatic carbocycles. The van der Waals surface area contributed by atoms with Crippen molar-refractivity contribution in [2.45, 2.75) is 83.3 Å². The van der Waals surface area contributed by atoms with Crippen molar-refractivity contribution in [2.75, 3.05) is 0 Å². The molecule has 2 N–H and O–H groups in total. The SMILES string of the molecule is C[C@]12CC[C@@H](O)C[C@@H]1CC[C@H]1[C@H]3CC[C@@](O)(C#Cc4ccccc4)[C@]3(C)CC[C@@H]12. The van der Waals surface area contributed by atoms with E-state index in [0.717, 1.165) is 49.5 Å². The average molecular weight is 393 g/mol. The normalized spacial score (nSPS) is 48.6. The summed E-state index contributed by atoms with van der Waals surface area (Å²) in [5.41, 5.74) is 0.433. The number of fused-ring (bicyclic) bond motifs is 5.